The number of Topliss-reactive ketones (excluding diaryl/α,β-unsaturated/α-hetero) is 3. The topological polar surface area (TPSA) is 110 Å². The monoisotopic (exact) mass is 608 g/mol. The van der Waals surface area contributed by atoms with Gasteiger partial charge in [0.1, 0.15) is 17.3 Å². The normalized spacial score (nSPS) is 29.4. The van der Waals surface area contributed by atoms with E-state index in [4.69, 9.17) is 0 Å². The molecule has 1 saturated heterocycles. The van der Waals surface area contributed by atoms with E-state index in [1.54, 1.807) is 48.9 Å². The van der Waals surface area contributed by atoms with Gasteiger partial charge in [0.15, 0.2) is 0 Å². The summed E-state index contributed by atoms with van der Waals surface area (Å²) in [5, 5.41) is 0. The molecule has 3 aliphatic rings. The highest BCUT2D eigenvalue weighted by molar-refractivity contribution is 6.06. The maximum atomic E-state index is 13.2. The molecule has 8 atom stereocenters. The summed E-state index contributed by atoms with van der Waals surface area (Å²) in [6, 6.07) is 11.1. The van der Waals surface area contributed by atoms with Gasteiger partial charge in [0.2, 0.25) is 5.91 Å². The smallest absolute Gasteiger partial charge is 0.223 e. The van der Waals surface area contributed by atoms with Crippen LogP contribution < -0.4 is 0 Å². The van der Waals surface area contributed by atoms with E-state index in [0.717, 1.165) is 28.9 Å². The van der Waals surface area contributed by atoms with Gasteiger partial charge in [0, 0.05) is 74.8 Å². The molecule has 2 saturated carbocycles. The van der Waals surface area contributed by atoms with Gasteiger partial charge in [-0.25, -0.2) is 0 Å². The van der Waals surface area contributed by atoms with E-state index >= 15 is 0 Å². The molecule has 2 aliphatic carbocycles. The minimum absolute atomic E-state index is 0.0312. The van der Waals surface area contributed by atoms with Crippen LogP contribution in [-0.2, 0) is 19.2 Å². The molecule has 6 unspecified atom stereocenters. The molecule has 0 radical (unpaired) electrons. The summed E-state index contributed by atoms with van der Waals surface area (Å²) >= 11 is 0. The Labute approximate surface area is 266 Å². The number of pyridine rings is 3. The van der Waals surface area contributed by atoms with Crippen molar-refractivity contribution in [3.8, 4) is 0 Å². The zero-order valence-electron chi connectivity index (χ0n) is 26.7. The first-order valence-electron chi connectivity index (χ1n) is 16.2. The zero-order chi connectivity index (χ0) is 32.1. The van der Waals surface area contributed by atoms with Crippen LogP contribution >= 0.6 is 0 Å². The van der Waals surface area contributed by atoms with E-state index in [-0.39, 0.29) is 54.4 Å². The van der Waals surface area contributed by atoms with Crippen LogP contribution in [0, 0.1) is 29.6 Å². The molecule has 8 heteroatoms. The fourth-order valence-electron chi connectivity index (χ4n) is 8.02. The van der Waals surface area contributed by atoms with E-state index in [0.29, 0.717) is 0 Å². The standard InChI is InChI=1S/C24H25N3O4.C13H19N/c1-14-19(28)9-17(23(14)15-5-3-7-25-12-15)20(29)11-21(30)18-10-22(31)27(2)24(18)16-6-4-8-26-13-16;1-3-11-7-6-10(2)13(11)12-5-4-8-14-9-12/h3-8,12-14,17-18,23-24H,9-11H2,1-2H3;4-5,8-11,13H,3,6-7H2,1-2H3/t14-,17?,18?,23?,24?;10-,11?,13?/m11/s1. The first-order chi connectivity index (χ1) is 21.7. The summed E-state index contributed by atoms with van der Waals surface area (Å²) in [7, 11) is 1.67. The number of ketones is 3. The van der Waals surface area contributed by atoms with Crippen molar-refractivity contribution in [2.75, 3.05) is 7.05 Å². The Kier molecular flexibility index (Phi) is 10.3. The van der Waals surface area contributed by atoms with Crippen molar-refractivity contribution in [3.05, 3.63) is 90.3 Å². The van der Waals surface area contributed by atoms with Crippen LogP contribution in [0.4, 0.5) is 0 Å². The van der Waals surface area contributed by atoms with Crippen LogP contribution in [0.3, 0.4) is 0 Å². The minimum atomic E-state index is -0.600. The van der Waals surface area contributed by atoms with Crippen molar-refractivity contribution in [1.29, 1.82) is 0 Å². The van der Waals surface area contributed by atoms with Crippen molar-refractivity contribution in [2.24, 2.45) is 29.6 Å². The largest absolute Gasteiger partial charge is 0.338 e. The number of rotatable bonds is 8. The molecular weight excluding hydrogens is 564 g/mol. The Hall–Kier alpha value is -4.07. The lowest BCUT2D eigenvalue weighted by atomic mass is 9.80. The lowest BCUT2D eigenvalue weighted by molar-refractivity contribution is -0.133. The zero-order valence-corrected chi connectivity index (χ0v) is 26.7. The van der Waals surface area contributed by atoms with Crippen molar-refractivity contribution in [3.63, 3.8) is 0 Å². The first-order valence-corrected chi connectivity index (χ1v) is 16.2. The Morgan fingerprint density at radius 2 is 1.33 bits per heavy atom. The second kappa shape index (κ2) is 14.4. The molecule has 8 nitrogen and oxygen atoms in total. The third-order valence-electron chi connectivity index (χ3n) is 10.5. The van der Waals surface area contributed by atoms with Gasteiger partial charge in [-0.15, -0.1) is 0 Å². The number of likely N-dealkylation sites (tertiary alicyclic amines) is 1. The summed E-state index contributed by atoms with van der Waals surface area (Å²) in [5.74, 6) is 0.184. The number of amides is 1. The SMILES string of the molecule is CCC1CC[C@@H](C)C1c1cccnc1.C[C@@H]1C(=O)CC(C(=O)CC(=O)C2CC(=O)N(C)C2c2cccnc2)C1c1cccnc1. The van der Waals surface area contributed by atoms with Crippen LogP contribution in [0.2, 0.25) is 0 Å². The molecule has 3 fully saturated rings. The van der Waals surface area contributed by atoms with E-state index in [1.165, 1.54) is 24.8 Å². The van der Waals surface area contributed by atoms with Gasteiger partial charge in [0.05, 0.1) is 18.4 Å². The van der Waals surface area contributed by atoms with Gasteiger partial charge in [-0.3, -0.25) is 34.1 Å². The van der Waals surface area contributed by atoms with Crippen molar-refractivity contribution >= 4 is 23.3 Å². The summed E-state index contributed by atoms with van der Waals surface area (Å²) < 4.78 is 0. The molecule has 0 bridgehead atoms. The first kappa shape index (κ1) is 32.3. The van der Waals surface area contributed by atoms with E-state index in [2.05, 4.69) is 47.1 Å². The number of aromatic nitrogens is 3. The van der Waals surface area contributed by atoms with E-state index in [9.17, 15) is 19.2 Å². The van der Waals surface area contributed by atoms with Gasteiger partial charge in [-0.1, -0.05) is 45.4 Å². The van der Waals surface area contributed by atoms with E-state index < -0.39 is 17.9 Å². The van der Waals surface area contributed by atoms with Crippen LogP contribution in [-0.4, -0.2) is 50.2 Å². The van der Waals surface area contributed by atoms with Crippen molar-refractivity contribution in [2.45, 2.75) is 77.2 Å². The quantitative estimate of drug-likeness (QED) is 0.282. The number of carbonyl (C=O) groups is 4. The summed E-state index contributed by atoms with van der Waals surface area (Å²) in [4.78, 5) is 65.2. The Bertz CT molecular complexity index is 1400. The molecule has 4 heterocycles. The third kappa shape index (κ3) is 6.95. The van der Waals surface area contributed by atoms with Gasteiger partial charge in [-0.05, 0) is 65.5 Å². The summed E-state index contributed by atoms with van der Waals surface area (Å²) in [5.41, 5.74) is 3.07. The number of carbonyl (C=O) groups excluding carboxylic acids is 4. The predicted molar refractivity (Wildman–Crippen MR) is 171 cm³/mol. The number of hydrogen-bond acceptors (Lipinski definition) is 7. The molecule has 236 valence electrons. The van der Waals surface area contributed by atoms with Crippen LogP contribution in [0.1, 0.15) is 93.9 Å². The Balaban J connectivity index is 0.000000238. The van der Waals surface area contributed by atoms with Crippen LogP contribution in [0.5, 0.6) is 0 Å². The van der Waals surface area contributed by atoms with E-state index in [1.807, 2.05) is 25.3 Å². The maximum absolute atomic E-state index is 13.2. The summed E-state index contributed by atoms with van der Waals surface area (Å²) in [6.45, 7) is 6.53. The van der Waals surface area contributed by atoms with Gasteiger partial charge in [0.25, 0.3) is 0 Å². The predicted octanol–water partition coefficient (Wildman–Crippen LogP) is 6.15. The highest BCUT2D eigenvalue weighted by Crippen LogP contribution is 2.46. The van der Waals surface area contributed by atoms with Crippen molar-refractivity contribution in [1.82, 2.24) is 19.9 Å². The molecular formula is C37H44N4O4. The molecule has 1 aliphatic heterocycles. The lowest BCUT2D eigenvalue weighted by Gasteiger charge is -2.25. The molecule has 0 aromatic carbocycles. The second-order valence-corrected chi connectivity index (χ2v) is 13.1. The Morgan fingerprint density at radius 1 is 0.778 bits per heavy atom. The summed E-state index contributed by atoms with van der Waals surface area (Å²) in [6.07, 6.45) is 14.6. The fourth-order valence-corrected chi connectivity index (χ4v) is 8.02. The second-order valence-electron chi connectivity index (χ2n) is 13.1. The maximum Gasteiger partial charge on any atom is 0.223 e. The minimum Gasteiger partial charge on any atom is -0.338 e. The average Bonchev–Trinajstić information content (AvgIpc) is 3.70. The highest BCUT2D eigenvalue weighted by atomic mass is 16.2. The van der Waals surface area contributed by atoms with Gasteiger partial charge < -0.3 is 4.90 Å². The molecule has 0 N–H and O–H groups in total. The van der Waals surface area contributed by atoms with Crippen LogP contribution in [0.25, 0.3) is 0 Å². The fraction of sp³-hybridized carbons (Fsp3) is 0.486. The molecule has 3 aromatic heterocycles. The van der Waals surface area contributed by atoms with Crippen molar-refractivity contribution < 1.29 is 19.2 Å². The molecule has 1 amide bonds. The average molecular weight is 609 g/mol. The lowest BCUT2D eigenvalue weighted by Crippen LogP contribution is -2.29. The van der Waals surface area contributed by atoms with Gasteiger partial charge in [-0.2, -0.15) is 0 Å². The molecule has 6 rings (SSSR count). The van der Waals surface area contributed by atoms with Crippen LogP contribution in [0.15, 0.2) is 73.6 Å². The molecule has 3 aromatic rings. The highest BCUT2D eigenvalue weighted by Gasteiger charge is 2.47. The molecule has 45 heavy (non-hydrogen) atoms. The number of nitrogens with zero attached hydrogens (tertiary/aromatic N) is 4. The molecule has 0 spiro atoms. The third-order valence-corrected chi connectivity index (χ3v) is 10.5. The number of hydrogen-bond donors (Lipinski definition) is 0. The van der Waals surface area contributed by atoms with Gasteiger partial charge >= 0.3 is 0 Å². The Morgan fingerprint density at radius 3 is 1.89 bits per heavy atom.